The molecule has 0 bridgehead atoms. The second-order valence-electron chi connectivity index (χ2n) is 2.94. The molecule has 0 aromatic rings. The van der Waals surface area contributed by atoms with Gasteiger partial charge in [-0.15, -0.1) is 0 Å². The molecule has 13 heavy (non-hydrogen) atoms. The third-order valence-corrected chi connectivity index (χ3v) is 1.76. The number of guanidine groups is 1. The number of rotatable bonds is 2. The van der Waals surface area contributed by atoms with Crippen LogP contribution in [0.1, 0.15) is 19.3 Å². The van der Waals surface area contributed by atoms with Crippen molar-refractivity contribution in [2.45, 2.75) is 25.3 Å². The summed E-state index contributed by atoms with van der Waals surface area (Å²) in [7, 11) is 0. The van der Waals surface area contributed by atoms with Crippen molar-refractivity contribution in [2.24, 2.45) is 16.5 Å². The fourth-order valence-electron chi connectivity index (χ4n) is 1.23. The van der Waals surface area contributed by atoms with Gasteiger partial charge in [-0.05, 0) is 6.42 Å². The summed E-state index contributed by atoms with van der Waals surface area (Å²) in [6.45, 7) is 0. The van der Waals surface area contributed by atoms with Crippen molar-refractivity contribution in [1.29, 1.82) is 0 Å². The highest BCUT2D eigenvalue weighted by molar-refractivity contribution is 5.92. The van der Waals surface area contributed by atoms with Crippen LogP contribution in [0.3, 0.4) is 0 Å². The summed E-state index contributed by atoms with van der Waals surface area (Å²) in [4.78, 5) is 25.1. The van der Waals surface area contributed by atoms with Crippen LogP contribution in [0.5, 0.6) is 0 Å². The highest BCUT2D eigenvalue weighted by Gasteiger charge is 2.22. The Kier molecular flexibility index (Phi) is 2.84. The number of hydrogen-bond acceptors (Lipinski definition) is 2. The van der Waals surface area contributed by atoms with Crippen LogP contribution in [0.2, 0.25) is 0 Å². The second-order valence-corrected chi connectivity index (χ2v) is 2.94. The van der Waals surface area contributed by atoms with Gasteiger partial charge in [-0.3, -0.25) is 9.59 Å². The lowest BCUT2D eigenvalue weighted by molar-refractivity contribution is -0.119. The predicted octanol–water partition coefficient (Wildman–Crippen LogP) is -1.54. The molecule has 6 nitrogen and oxygen atoms in total. The largest absolute Gasteiger partial charge is 0.370 e. The fraction of sp³-hybridized carbons (Fsp3) is 0.571. The van der Waals surface area contributed by atoms with Gasteiger partial charge in [0.2, 0.25) is 5.91 Å². The van der Waals surface area contributed by atoms with Crippen molar-refractivity contribution < 1.29 is 9.59 Å². The molecule has 1 unspecified atom stereocenters. The van der Waals surface area contributed by atoms with E-state index in [4.69, 9.17) is 11.5 Å². The van der Waals surface area contributed by atoms with Gasteiger partial charge in [0, 0.05) is 18.9 Å². The molecule has 0 aromatic carbocycles. The molecule has 0 aromatic heterocycles. The fourth-order valence-corrected chi connectivity index (χ4v) is 1.23. The van der Waals surface area contributed by atoms with Crippen molar-refractivity contribution in [3.63, 3.8) is 0 Å². The molecule has 1 aliphatic rings. The molecule has 1 fully saturated rings. The lowest BCUT2D eigenvalue weighted by atomic mass is 10.1. The van der Waals surface area contributed by atoms with Crippen molar-refractivity contribution in [2.75, 3.05) is 0 Å². The molecule has 1 saturated heterocycles. The molecule has 5 N–H and O–H groups in total. The molecule has 0 radical (unpaired) electrons. The van der Waals surface area contributed by atoms with Crippen LogP contribution in [0.4, 0.5) is 0 Å². The van der Waals surface area contributed by atoms with E-state index in [1.807, 2.05) is 0 Å². The van der Waals surface area contributed by atoms with Gasteiger partial charge in [0.25, 0.3) is 5.91 Å². The smallest absolute Gasteiger partial charge is 0.250 e. The molecule has 1 aliphatic heterocycles. The monoisotopic (exact) mass is 184 g/mol. The zero-order valence-corrected chi connectivity index (χ0v) is 7.12. The van der Waals surface area contributed by atoms with E-state index in [0.29, 0.717) is 12.8 Å². The molecular weight excluding hydrogens is 172 g/mol. The van der Waals surface area contributed by atoms with Gasteiger partial charge in [0.05, 0.1) is 0 Å². The molecule has 0 aliphatic carbocycles. The number of hydrogen-bond donors (Lipinski definition) is 3. The number of amides is 2. The van der Waals surface area contributed by atoms with Crippen LogP contribution in [-0.4, -0.2) is 23.8 Å². The normalized spacial score (nSPS) is 20.9. The topological polar surface area (TPSA) is 111 Å². The van der Waals surface area contributed by atoms with E-state index in [-0.39, 0.29) is 24.3 Å². The summed E-state index contributed by atoms with van der Waals surface area (Å²) in [5.41, 5.74) is 10.0. The van der Waals surface area contributed by atoms with Crippen LogP contribution in [0.25, 0.3) is 0 Å². The Morgan fingerprint density at radius 2 is 2.31 bits per heavy atom. The third-order valence-electron chi connectivity index (χ3n) is 1.76. The van der Waals surface area contributed by atoms with E-state index in [9.17, 15) is 9.59 Å². The van der Waals surface area contributed by atoms with E-state index >= 15 is 0 Å². The van der Waals surface area contributed by atoms with E-state index in [1.54, 1.807) is 0 Å². The maximum absolute atomic E-state index is 11.0. The molecule has 72 valence electrons. The van der Waals surface area contributed by atoms with Crippen LogP contribution < -0.4 is 16.8 Å². The Bertz CT molecular complexity index is 257. The van der Waals surface area contributed by atoms with Crippen LogP contribution in [-0.2, 0) is 9.59 Å². The number of aliphatic imine (C=N–C) groups is 1. The van der Waals surface area contributed by atoms with Gasteiger partial charge in [-0.1, -0.05) is 0 Å². The first-order valence-electron chi connectivity index (χ1n) is 4.00. The first kappa shape index (κ1) is 9.50. The third kappa shape index (κ3) is 3.10. The average Bonchev–Trinajstić information content (AvgIpc) is 2.33. The summed E-state index contributed by atoms with van der Waals surface area (Å²) in [5.74, 6) is -0.663. The predicted molar refractivity (Wildman–Crippen MR) is 46.6 cm³/mol. The van der Waals surface area contributed by atoms with E-state index < -0.39 is 5.91 Å². The minimum atomic E-state index is -0.396. The quantitative estimate of drug-likeness (QED) is 0.356. The molecule has 1 atom stereocenters. The Labute approximate surface area is 75.4 Å². The van der Waals surface area contributed by atoms with Gasteiger partial charge < -0.3 is 16.8 Å². The molecule has 1 rings (SSSR count). The van der Waals surface area contributed by atoms with E-state index in [2.05, 4.69) is 10.3 Å². The number of nitrogens with two attached hydrogens (primary N) is 2. The summed E-state index contributed by atoms with van der Waals surface area (Å²) in [6, 6.07) is -0.108. The molecule has 2 amide bonds. The van der Waals surface area contributed by atoms with Gasteiger partial charge >= 0.3 is 0 Å². The van der Waals surface area contributed by atoms with Gasteiger partial charge in [-0.2, -0.15) is 4.99 Å². The molecule has 0 spiro atoms. The van der Waals surface area contributed by atoms with Crippen molar-refractivity contribution >= 4 is 17.8 Å². The molecule has 0 saturated carbocycles. The minimum absolute atomic E-state index is 0.0255. The summed E-state index contributed by atoms with van der Waals surface area (Å²) in [5, 5.41) is 2.65. The van der Waals surface area contributed by atoms with Crippen LogP contribution in [0, 0.1) is 0 Å². The zero-order chi connectivity index (χ0) is 9.84. The minimum Gasteiger partial charge on any atom is -0.370 e. The highest BCUT2D eigenvalue weighted by atomic mass is 16.2. The Hall–Kier alpha value is -1.59. The van der Waals surface area contributed by atoms with Crippen LogP contribution >= 0.6 is 0 Å². The molecule has 1 heterocycles. The maximum Gasteiger partial charge on any atom is 0.250 e. The highest BCUT2D eigenvalue weighted by Crippen LogP contribution is 2.10. The summed E-state index contributed by atoms with van der Waals surface area (Å²) >= 11 is 0. The summed E-state index contributed by atoms with van der Waals surface area (Å²) in [6.07, 6.45) is 1.31. The SMILES string of the molecule is NC(N)=NC(=O)CC1CCC(=O)N1. The van der Waals surface area contributed by atoms with Gasteiger partial charge in [0.1, 0.15) is 0 Å². The van der Waals surface area contributed by atoms with E-state index in [0.717, 1.165) is 0 Å². The number of carbonyl (C=O) groups is 2. The standard InChI is InChI=1S/C7H12N4O2/c8-7(9)11-6(13)3-4-1-2-5(12)10-4/h4H,1-3H2,(H,10,12)(H4,8,9,11,13). The number of nitrogens with one attached hydrogen (secondary N) is 1. The summed E-state index contributed by atoms with van der Waals surface area (Å²) < 4.78 is 0. The van der Waals surface area contributed by atoms with Gasteiger partial charge in [-0.25, -0.2) is 0 Å². The molecule has 6 heteroatoms. The number of carbonyl (C=O) groups excluding carboxylic acids is 2. The number of nitrogens with zero attached hydrogens (tertiary/aromatic N) is 1. The Morgan fingerprint density at radius 3 is 2.77 bits per heavy atom. The molecular formula is C7H12N4O2. The lowest BCUT2D eigenvalue weighted by Gasteiger charge is -2.05. The van der Waals surface area contributed by atoms with Crippen molar-refractivity contribution in [3.05, 3.63) is 0 Å². The maximum atomic E-state index is 11.0. The van der Waals surface area contributed by atoms with Crippen LogP contribution in [0.15, 0.2) is 4.99 Å². The first-order valence-corrected chi connectivity index (χ1v) is 4.00. The Morgan fingerprint density at radius 1 is 1.62 bits per heavy atom. The first-order chi connectivity index (χ1) is 6.08. The van der Waals surface area contributed by atoms with E-state index in [1.165, 1.54) is 0 Å². The van der Waals surface area contributed by atoms with Crippen molar-refractivity contribution in [3.8, 4) is 0 Å². The average molecular weight is 184 g/mol. The zero-order valence-electron chi connectivity index (χ0n) is 7.12. The Balaban J connectivity index is 2.37. The lowest BCUT2D eigenvalue weighted by Crippen LogP contribution is -2.29. The van der Waals surface area contributed by atoms with Gasteiger partial charge in [0.15, 0.2) is 5.96 Å². The van der Waals surface area contributed by atoms with Crippen molar-refractivity contribution in [1.82, 2.24) is 5.32 Å². The second kappa shape index (κ2) is 3.88.